The number of nitrogens with one attached hydrogen (secondary N) is 1. The molecular formula is C13H15FN4O2. The van der Waals surface area contributed by atoms with Gasteiger partial charge in [-0.1, -0.05) is 17.3 Å². The predicted octanol–water partition coefficient (Wildman–Crippen LogP) is 0.534. The fourth-order valence-electron chi connectivity index (χ4n) is 1.71. The van der Waals surface area contributed by atoms with Crippen LogP contribution < -0.4 is 5.32 Å². The lowest BCUT2D eigenvalue weighted by atomic mass is 10.1. The second-order valence-electron chi connectivity index (χ2n) is 4.43. The quantitative estimate of drug-likeness (QED) is 0.836. The molecule has 0 aliphatic rings. The number of benzene rings is 1. The molecular weight excluding hydrogens is 263 g/mol. The van der Waals surface area contributed by atoms with Gasteiger partial charge < -0.3 is 10.4 Å². The van der Waals surface area contributed by atoms with Crippen LogP contribution >= 0.6 is 0 Å². The number of carbonyl (C=O) groups excluding carboxylic acids is 1. The Hall–Kier alpha value is -2.28. The third-order valence-corrected chi connectivity index (χ3v) is 2.77. The standard InChI is InChI=1S/C13H15FN4O2/c1-9-4-10(2-3-12(9)14)5-15-13(20)7-18-6-11(8-19)16-17-18/h2-4,6,19H,5,7-8H2,1H3,(H,15,20). The number of hydrogen-bond donors (Lipinski definition) is 2. The molecule has 1 aromatic carbocycles. The van der Waals surface area contributed by atoms with Gasteiger partial charge in [0.15, 0.2) is 0 Å². The Morgan fingerprint density at radius 3 is 2.95 bits per heavy atom. The molecule has 1 amide bonds. The SMILES string of the molecule is Cc1cc(CNC(=O)Cn2cc(CO)nn2)ccc1F. The van der Waals surface area contributed by atoms with Gasteiger partial charge in [-0.2, -0.15) is 0 Å². The van der Waals surface area contributed by atoms with Crippen LogP contribution in [-0.2, 0) is 24.5 Å². The van der Waals surface area contributed by atoms with E-state index in [1.807, 2.05) is 0 Å². The Labute approximate surface area is 115 Å². The van der Waals surface area contributed by atoms with Gasteiger partial charge in [0.1, 0.15) is 18.1 Å². The lowest BCUT2D eigenvalue weighted by molar-refractivity contribution is -0.122. The van der Waals surface area contributed by atoms with E-state index in [1.165, 1.54) is 16.9 Å². The minimum atomic E-state index is -0.265. The zero-order valence-electron chi connectivity index (χ0n) is 11.0. The van der Waals surface area contributed by atoms with E-state index in [-0.39, 0.29) is 24.9 Å². The second-order valence-corrected chi connectivity index (χ2v) is 4.43. The van der Waals surface area contributed by atoms with Crippen molar-refractivity contribution in [3.8, 4) is 0 Å². The van der Waals surface area contributed by atoms with E-state index in [0.717, 1.165) is 5.56 Å². The average molecular weight is 278 g/mol. The van der Waals surface area contributed by atoms with Crippen molar-refractivity contribution in [1.82, 2.24) is 20.3 Å². The lowest BCUT2D eigenvalue weighted by Gasteiger charge is -2.06. The first-order valence-electron chi connectivity index (χ1n) is 6.10. The summed E-state index contributed by atoms with van der Waals surface area (Å²) < 4.78 is 14.4. The highest BCUT2D eigenvalue weighted by Gasteiger charge is 2.06. The molecule has 2 rings (SSSR count). The van der Waals surface area contributed by atoms with Crippen LogP contribution in [0.2, 0.25) is 0 Å². The molecule has 2 aromatic rings. The third-order valence-electron chi connectivity index (χ3n) is 2.77. The van der Waals surface area contributed by atoms with E-state index in [1.54, 1.807) is 19.1 Å². The molecule has 0 spiro atoms. The summed E-state index contributed by atoms with van der Waals surface area (Å²) in [5.41, 5.74) is 1.78. The summed E-state index contributed by atoms with van der Waals surface area (Å²) in [5, 5.41) is 18.9. The number of carbonyl (C=O) groups is 1. The molecule has 0 atom stereocenters. The van der Waals surface area contributed by atoms with Gasteiger partial charge in [-0.15, -0.1) is 5.10 Å². The zero-order valence-corrected chi connectivity index (χ0v) is 11.0. The second kappa shape index (κ2) is 6.25. The number of hydrogen-bond acceptors (Lipinski definition) is 4. The van der Waals surface area contributed by atoms with Crippen LogP contribution in [0.3, 0.4) is 0 Å². The van der Waals surface area contributed by atoms with E-state index in [0.29, 0.717) is 17.8 Å². The number of aliphatic hydroxyl groups is 1. The maximum atomic E-state index is 13.1. The Kier molecular flexibility index (Phi) is 4.41. The predicted molar refractivity (Wildman–Crippen MR) is 68.9 cm³/mol. The number of amides is 1. The van der Waals surface area contributed by atoms with Crippen molar-refractivity contribution in [1.29, 1.82) is 0 Å². The van der Waals surface area contributed by atoms with Crippen LogP contribution in [0.25, 0.3) is 0 Å². The molecule has 0 saturated carbocycles. The summed E-state index contributed by atoms with van der Waals surface area (Å²) in [6, 6.07) is 4.69. The van der Waals surface area contributed by atoms with Gasteiger partial charge in [0.2, 0.25) is 5.91 Å². The number of aliphatic hydroxyl groups excluding tert-OH is 1. The van der Waals surface area contributed by atoms with Gasteiger partial charge in [0, 0.05) is 6.54 Å². The molecule has 106 valence electrons. The molecule has 2 N–H and O–H groups in total. The smallest absolute Gasteiger partial charge is 0.242 e. The molecule has 1 aromatic heterocycles. The average Bonchev–Trinajstić information content (AvgIpc) is 2.88. The van der Waals surface area contributed by atoms with Crippen molar-refractivity contribution in [2.45, 2.75) is 26.6 Å². The van der Waals surface area contributed by atoms with E-state index >= 15 is 0 Å². The first-order chi connectivity index (χ1) is 9.58. The molecule has 20 heavy (non-hydrogen) atoms. The summed E-state index contributed by atoms with van der Waals surface area (Å²) in [4.78, 5) is 11.7. The first-order valence-corrected chi connectivity index (χ1v) is 6.10. The largest absolute Gasteiger partial charge is 0.390 e. The molecule has 1 heterocycles. The molecule has 0 fully saturated rings. The zero-order chi connectivity index (χ0) is 14.5. The summed E-state index contributed by atoms with van der Waals surface area (Å²) in [7, 11) is 0. The van der Waals surface area contributed by atoms with Crippen molar-refractivity contribution in [2.24, 2.45) is 0 Å². The van der Waals surface area contributed by atoms with Gasteiger partial charge in [-0.05, 0) is 24.1 Å². The van der Waals surface area contributed by atoms with Crippen LogP contribution in [0, 0.1) is 12.7 Å². The molecule has 0 unspecified atom stereocenters. The van der Waals surface area contributed by atoms with Crippen LogP contribution in [0.5, 0.6) is 0 Å². The van der Waals surface area contributed by atoms with E-state index in [9.17, 15) is 9.18 Å². The molecule has 0 radical (unpaired) electrons. The van der Waals surface area contributed by atoms with E-state index in [4.69, 9.17) is 5.11 Å². The molecule has 6 nitrogen and oxygen atoms in total. The maximum Gasteiger partial charge on any atom is 0.242 e. The topological polar surface area (TPSA) is 80.0 Å². The van der Waals surface area contributed by atoms with Crippen molar-refractivity contribution < 1.29 is 14.3 Å². The number of nitrogens with zero attached hydrogens (tertiary/aromatic N) is 3. The van der Waals surface area contributed by atoms with Crippen LogP contribution in [0.1, 0.15) is 16.8 Å². The maximum absolute atomic E-state index is 13.1. The van der Waals surface area contributed by atoms with E-state index in [2.05, 4.69) is 15.6 Å². The highest BCUT2D eigenvalue weighted by molar-refractivity contribution is 5.75. The Balaban J connectivity index is 1.87. The normalized spacial score (nSPS) is 10.6. The van der Waals surface area contributed by atoms with Gasteiger partial charge in [0.25, 0.3) is 0 Å². The number of halogens is 1. The Morgan fingerprint density at radius 1 is 1.50 bits per heavy atom. The van der Waals surface area contributed by atoms with Gasteiger partial charge in [-0.3, -0.25) is 4.79 Å². The summed E-state index contributed by atoms with van der Waals surface area (Å²) >= 11 is 0. The fraction of sp³-hybridized carbons (Fsp3) is 0.308. The van der Waals surface area contributed by atoms with Crippen molar-refractivity contribution >= 4 is 5.91 Å². The third kappa shape index (κ3) is 3.61. The Morgan fingerprint density at radius 2 is 2.30 bits per heavy atom. The van der Waals surface area contributed by atoms with Gasteiger partial charge in [-0.25, -0.2) is 9.07 Å². The number of aryl methyl sites for hydroxylation is 1. The van der Waals surface area contributed by atoms with Gasteiger partial charge in [0.05, 0.1) is 12.8 Å². The van der Waals surface area contributed by atoms with Crippen LogP contribution in [0.4, 0.5) is 4.39 Å². The first kappa shape index (κ1) is 14.1. The highest BCUT2D eigenvalue weighted by atomic mass is 19.1. The molecule has 0 aliphatic carbocycles. The molecule has 0 bridgehead atoms. The highest BCUT2D eigenvalue weighted by Crippen LogP contribution is 2.08. The minimum absolute atomic E-state index is 0.0210. The van der Waals surface area contributed by atoms with Gasteiger partial charge >= 0.3 is 0 Å². The molecule has 7 heteroatoms. The van der Waals surface area contributed by atoms with Crippen molar-refractivity contribution in [3.05, 3.63) is 47.0 Å². The summed E-state index contributed by atoms with van der Waals surface area (Å²) in [6.07, 6.45) is 1.50. The van der Waals surface area contributed by atoms with Crippen LogP contribution in [-0.4, -0.2) is 26.0 Å². The Bertz CT molecular complexity index is 612. The fourth-order valence-corrected chi connectivity index (χ4v) is 1.71. The van der Waals surface area contributed by atoms with Crippen molar-refractivity contribution in [3.63, 3.8) is 0 Å². The number of aromatic nitrogens is 3. The number of rotatable bonds is 5. The van der Waals surface area contributed by atoms with E-state index < -0.39 is 0 Å². The minimum Gasteiger partial charge on any atom is -0.390 e. The van der Waals surface area contributed by atoms with Crippen LogP contribution in [0.15, 0.2) is 24.4 Å². The molecule has 0 saturated heterocycles. The lowest BCUT2D eigenvalue weighted by Crippen LogP contribution is -2.27. The van der Waals surface area contributed by atoms with Crippen molar-refractivity contribution in [2.75, 3.05) is 0 Å². The summed E-state index contributed by atoms with van der Waals surface area (Å²) in [5.74, 6) is -0.499. The summed E-state index contributed by atoms with van der Waals surface area (Å²) in [6.45, 7) is 1.80. The monoisotopic (exact) mass is 278 g/mol. The molecule has 0 aliphatic heterocycles.